The number of esters is 2. The van der Waals surface area contributed by atoms with Gasteiger partial charge in [-0.15, -0.1) is 0 Å². The van der Waals surface area contributed by atoms with E-state index in [2.05, 4.69) is 13.8 Å². The van der Waals surface area contributed by atoms with Gasteiger partial charge in [0.15, 0.2) is 6.10 Å². The van der Waals surface area contributed by atoms with Crippen molar-refractivity contribution < 1.29 is 42.1 Å². The number of carbonyl (C=O) groups is 2. The molecule has 0 aromatic carbocycles. The highest BCUT2D eigenvalue weighted by atomic mass is 31.2. The minimum atomic E-state index is -4.35. The fourth-order valence-electron chi connectivity index (χ4n) is 5.13. The molecule has 2 unspecified atom stereocenters. The fourth-order valence-corrected chi connectivity index (χ4v) is 5.87. The first-order valence-corrected chi connectivity index (χ1v) is 20.3. The van der Waals surface area contributed by atoms with Crippen LogP contribution < -0.4 is 0 Å². The van der Waals surface area contributed by atoms with Gasteiger partial charge in [0.25, 0.3) is 0 Å². The zero-order chi connectivity index (χ0) is 34.4. The van der Waals surface area contributed by atoms with Crippen molar-refractivity contribution in [1.29, 1.82) is 0 Å². The van der Waals surface area contributed by atoms with Crippen molar-refractivity contribution in [2.75, 3.05) is 47.5 Å². The first kappa shape index (κ1) is 45.0. The number of nitrogens with zero attached hydrogens (tertiary/aromatic N) is 1. The summed E-state index contributed by atoms with van der Waals surface area (Å²) in [6, 6.07) is 0. The van der Waals surface area contributed by atoms with Crippen LogP contribution in [0.5, 0.6) is 0 Å². The minimum Gasteiger partial charge on any atom is -0.462 e. The lowest BCUT2D eigenvalue weighted by molar-refractivity contribution is -0.870. The van der Waals surface area contributed by atoms with E-state index >= 15 is 0 Å². The van der Waals surface area contributed by atoms with Crippen LogP contribution in [0.25, 0.3) is 0 Å². The number of quaternary nitrogens is 1. The summed E-state index contributed by atoms with van der Waals surface area (Å²) in [5.74, 6) is -0.796. The standard InChI is InChI=1S/C36H72NO8P/c1-6-8-10-12-14-16-17-18-19-20-21-23-24-26-28-35(38)42-32-34(33-44-46(40,41)43-31-30-37(3,4)5)45-36(39)29-27-25-22-15-13-11-9-7-2/h34H,6-33H2,1-5H3/p+1. The molecule has 1 N–H and O–H groups in total. The Kier molecular flexibility index (Phi) is 29.4. The monoisotopic (exact) mass is 679 g/mol. The molecule has 46 heavy (non-hydrogen) atoms. The topological polar surface area (TPSA) is 108 Å². The second kappa shape index (κ2) is 30.1. The summed E-state index contributed by atoms with van der Waals surface area (Å²) in [5.41, 5.74) is 0. The summed E-state index contributed by atoms with van der Waals surface area (Å²) in [6.45, 7) is 4.39. The largest absolute Gasteiger partial charge is 0.472 e. The van der Waals surface area contributed by atoms with E-state index < -0.39 is 26.5 Å². The third-order valence-corrected chi connectivity index (χ3v) is 9.12. The molecule has 0 spiro atoms. The Bertz CT molecular complexity index is 774. The molecule has 0 aromatic heterocycles. The predicted molar refractivity (Wildman–Crippen MR) is 188 cm³/mol. The van der Waals surface area contributed by atoms with Crippen LogP contribution in [-0.4, -0.2) is 74.9 Å². The molecule has 0 fully saturated rings. The number of phosphoric acid groups is 1. The molecule has 10 heteroatoms. The van der Waals surface area contributed by atoms with Crippen molar-refractivity contribution >= 4 is 19.8 Å². The van der Waals surface area contributed by atoms with Crippen molar-refractivity contribution in [2.24, 2.45) is 0 Å². The molecule has 0 heterocycles. The molecule has 0 bridgehead atoms. The number of ether oxygens (including phenoxy) is 2. The third kappa shape index (κ3) is 32.9. The van der Waals surface area contributed by atoms with E-state index in [1.807, 2.05) is 21.1 Å². The maximum Gasteiger partial charge on any atom is 0.472 e. The first-order valence-electron chi connectivity index (χ1n) is 18.8. The molecule has 0 radical (unpaired) electrons. The number of carbonyl (C=O) groups excluding carboxylic acids is 2. The molecule has 9 nitrogen and oxygen atoms in total. The van der Waals surface area contributed by atoms with Crippen molar-refractivity contribution in [3.8, 4) is 0 Å². The van der Waals surface area contributed by atoms with E-state index in [4.69, 9.17) is 18.5 Å². The highest BCUT2D eigenvalue weighted by Crippen LogP contribution is 2.43. The lowest BCUT2D eigenvalue weighted by Gasteiger charge is -2.24. The molecule has 0 aliphatic heterocycles. The van der Waals surface area contributed by atoms with E-state index in [-0.39, 0.29) is 25.6 Å². The van der Waals surface area contributed by atoms with Crippen molar-refractivity contribution in [3.63, 3.8) is 0 Å². The molecule has 0 rings (SSSR count). The maximum atomic E-state index is 12.5. The van der Waals surface area contributed by atoms with Gasteiger partial charge in [-0.1, -0.05) is 142 Å². The van der Waals surface area contributed by atoms with Gasteiger partial charge >= 0.3 is 19.8 Å². The highest BCUT2D eigenvalue weighted by molar-refractivity contribution is 7.47. The number of hydrogen-bond donors (Lipinski definition) is 1. The molecule has 0 saturated heterocycles. The van der Waals surface area contributed by atoms with Crippen molar-refractivity contribution in [1.82, 2.24) is 0 Å². The Hall–Kier alpha value is -0.990. The second-order valence-electron chi connectivity index (χ2n) is 14.0. The summed E-state index contributed by atoms with van der Waals surface area (Å²) in [7, 11) is 1.49. The van der Waals surface area contributed by atoms with Crippen LogP contribution in [0.3, 0.4) is 0 Å². The molecule has 274 valence electrons. The molecule has 0 amide bonds. The SMILES string of the molecule is CCCCCCCCCCCCCCCCC(=O)OCC(COP(=O)(O)OCC[N+](C)(C)C)OC(=O)CCCCCCCCCC. The molecule has 0 saturated carbocycles. The summed E-state index contributed by atoms with van der Waals surface area (Å²) in [5, 5.41) is 0. The van der Waals surface area contributed by atoms with Gasteiger partial charge in [0.2, 0.25) is 0 Å². The van der Waals surface area contributed by atoms with Gasteiger partial charge in [0.05, 0.1) is 27.7 Å². The van der Waals surface area contributed by atoms with Gasteiger partial charge in [0.1, 0.15) is 19.8 Å². The molecular weight excluding hydrogens is 605 g/mol. The van der Waals surface area contributed by atoms with Crippen LogP contribution in [0.2, 0.25) is 0 Å². The van der Waals surface area contributed by atoms with Gasteiger partial charge in [-0.05, 0) is 12.8 Å². The van der Waals surface area contributed by atoms with Crippen LogP contribution in [-0.2, 0) is 32.7 Å². The number of unbranched alkanes of at least 4 members (excludes halogenated alkanes) is 20. The Morgan fingerprint density at radius 1 is 0.587 bits per heavy atom. The molecular formula is C36H73NO8P+. The van der Waals surface area contributed by atoms with Crippen molar-refractivity contribution in [3.05, 3.63) is 0 Å². The summed E-state index contributed by atoms with van der Waals surface area (Å²) in [4.78, 5) is 35.0. The lowest BCUT2D eigenvalue weighted by Crippen LogP contribution is -2.37. The van der Waals surface area contributed by atoms with E-state index in [1.165, 1.54) is 103 Å². The Morgan fingerprint density at radius 2 is 0.978 bits per heavy atom. The second-order valence-corrected chi connectivity index (χ2v) is 15.4. The third-order valence-electron chi connectivity index (χ3n) is 8.14. The van der Waals surface area contributed by atoms with Gasteiger partial charge in [0, 0.05) is 12.8 Å². The number of rotatable bonds is 34. The highest BCUT2D eigenvalue weighted by Gasteiger charge is 2.27. The van der Waals surface area contributed by atoms with Gasteiger partial charge in [-0.3, -0.25) is 18.6 Å². The molecule has 0 aliphatic rings. The Morgan fingerprint density at radius 3 is 1.39 bits per heavy atom. The average molecular weight is 679 g/mol. The van der Waals surface area contributed by atoms with E-state index in [0.29, 0.717) is 23.9 Å². The molecule has 2 atom stereocenters. The molecule has 0 aliphatic carbocycles. The van der Waals surface area contributed by atoms with Crippen molar-refractivity contribution in [2.45, 2.75) is 174 Å². The van der Waals surface area contributed by atoms with Crippen LogP contribution in [0.4, 0.5) is 0 Å². The minimum absolute atomic E-state index is 0.0361. The van der Waals surface area contributed by atoms with Gasteiger partial charge in [-0.25, -0.2) is 4.57 Å². The van der Waals surface area contributed by atoms with E-state index in [9.17, 15) is 19.0 Å². The number of likely N-dealkylation sites (N-methyl/N-ethyl adjacent to an activating group) is 1. The zero-order valence-electron chi connectivity index (χ0n) is 30.6. The fraction of sp³-hybridized carbons (Fsp3) is 0.944. The predicted octanol–water partition coefficient (Wildman–Crippen LogP) is 9.68. The van der Waals surface area contributed by atoms with Gasteiger partial charge < -0.3 is 18.9 Å². The quantitative estimate of drug-likeness (QED) is 0.0310. The maximum absolute atomic E-state index is 12.5. The molecule has 0 aromatic rings. The summed E-state index contributed by atoms with van der Waals surface area (Å²) >= 11 is 0. The zero-order valence-corrected chi connectivity index (χ0v) is 31.5. The Balaban J connectivity index is 4.36. The average Bonchev–Trinajstić information content (AvgIpc) is 2.99. The first-order chi connectivity index (χ1) is 22.0. The summed E-state index contributed by atoms with van der Waals surface area (Å²) < 4.78 is 34.0. The van der Waals surface area contributed by atoms with Gasteiger partial charge in [-0.2, -0.15) is 0 Å². The van der Waals surface area contributed by atoms with Crippen LogP contribution in [0, 0.1) is 0 Å². The van der Waals surface area contributed by atoms with Crippen LogP contribution in [0.15, 0.2) is 0 Å². The smallest absolute Gasteiger partial charge is 0.462 e. The van der Waals surface area contributed by atoms with Crippen LogP contribution >= 0.6 is 7.82 Å². The Labute approximate surface area is 283 Å². The van der Waals surface area contributed by atoms with E-state index in [0.717, 1.165) is 32.1 Å². The lowest BCUT2D eigenvalue weighted by atomic mass is 10.0. The number of phosphoric ester groups is 1. The summed E-state index contributed by atoms with van der Waals surface area (Å²) in [6.07, 6.45) is 25.8. The number of hydrogen-bond acceptors (Lipinski definition) is 7. The van der Waals surface area contributed by atoms with E-state index in [1.54, 1.807) is 0 Å². The van der Waals surface area contributed by atoms with Crippen LogP contribution in [0.1, 0.15) is 168 Å². The normalized spacial score (nSPS) is 13.8.